The Kier molecular flexibility index (Phi) is 30.3. The molecule has 0 aromatic heterocycles. The molecule has 0 amide bonds. The van der Waals surface area contributed by atoms with Crippen LogP contribution in [0, 0.1) is 0 Å². The van der Waals surface area contributed by atoms with Gasteiger partial charge in [0.15, 0.2) is 0 Å². The van der Waals surface area contributed by atoms with Crippen LogP contribution in [0.1, 0.15) is 25.7 Å². The van der Waals surface area contributed by atoms with Crippen molar-refractivity contribution in [2.75, 3.05) is 0 Å². The van der Waals surface area contributed by atoms with Crippen LogP contribution in [0.5, 0.6) is 0 Å². The van der Waals surface area contributed by atoms with Gasteiger partial charge in [-0.2, -0.15) is 0 Å². The van der Waals surface area contributed by atoms with Crippen LogP contribution in [0.4, 0.5) is 0 Å². The smallest absolute Gasteiger partial charge is 1.00 e. The summed E-state index contributed by atoms with van der Waals surface area (Å²) in [5, 5.41) is 3.31. The van der Waals surface area contributed by atoms with Crippen molar-refractivity contribution in [2.45, 2.75) is 47.0 Å². The molecule has 10 heteroatoms. The van der Waals surface area contributed by atoms with E-state index in [0.29, 0.717) is 36.9 Å². The van der Waals surface area contributed by atoms with Gasteiger partial charge in [0.1, 0.15) is 0 Å². The van der Waals surface area contributed by atoms with Gasteiger partial charge in [-0.25, -0.2) is 0 Å². The summed E-state index contributed by atoms with van der Waals surface area (Å²) < 4.78 is 39.7. The maximum Gasteiger partial charge on any atom is 1.00 e. The van der Waals surface area contributed by atoms with E-state index >= 15 is 0 Å². The standard InChI is InChI=1S/C8H18O4Se4.2Na/c9-15(10)7-3-1-5-13-14-6-2-4-8-16(11)12;;/h1-8H2,(H,9,10)(H,11,12);;/q;2*+1/p-1. The van der Waals surface area contributed by atoms with Gasteiger partial charge in [-0.15, -0.1) is 0 Å². The molecule has 0 aliphatic carbocycles. The molecule has 0 rings (SSSR count). The minimum atomic E-state index is -2.68. The number of unbranched alkanes of at least 4 members (excludes halogenated alkanes) is 2. The Morgan fingerprint density at radius 1 is 0.889 bits per heavy atom. The van der Waals surface area contributed by atoms with E-state index in [1.165, 1.54) is 10.6 Å². The van der Waals surface area contributed by atoms with Crippen LogP contribution in [0.3, 0.4) is 0 Å². The third kappa shape index (κ3) is 24.6. The summed E-state index contributed by atoms with van der Waals surface area (Å²) in [5.41, 5.74) is 0. The molecule has 0 heterocycles. The van der Waals surface area contributed by atoms with Crippen molar-refractivity contribution in [3.05, 3.63) is 0 Å². The molecule has 0 saturated heterocycles. The zero-order valence-corrected chi connectivity index (χ0v) is 21.8. The first-order valence-electron chi connectivity index (χ1n) is 5.00. The van der Waals surface area contributed by atoms with E-state index in [0.717, 1.165) is 25.7 Å². The van der Waals surface area contributed by atoms with Crippen LogP contribution in [-0.2, 0) is 7.67 Å². The normalized spacial score (nSPS) is 13.2. The molecule has 0 radical (unpaired) electrons. The molecule has 0 aromatic carbocycles. The Bertz CT molecular complexity index is 199. The van der Waals surface area contributed by atoms with Crippen LogP contribution < -0.4 is 63.3 Å². The number of hydrogen-bond donors (Lipinski definition) is 1. The van der Waals surface area contributed by atoms with Gasteiger partial charge in [-0.05, 0) is 0 Å². The molecule has 0 spiro atoms. The molecule has 0 bridgehead atoms. The summed E-state index contributed by atoms with van der Waals surface area (Å²) in [6.07, 6.45) is 3.86. The second-order valence-corrected chi connectivity index (χ2v) is 15.3. The fourth-order valence-corrected chi connectivity index (χ4v) is 9.74. The Morgan fingerprint density at radius 3 is 1.72 bits per heavy atom. The molecule has 0 fully saturated rings. The van der Waals surface area contributed by atoms with Crippen molar-refractivity contribution in [1.82, 2.24) is 0 Å². The van der Waals surface area contributed by atoms with Gasteiger partial charge in [0.25, 0.3) is 0 Å². The summed E-state index contributed by atoms with van der Waals surface area (Å²) >= 11 is -3.72. The van der Waals surface area contributed by atoms with Crippen LogP contribution >= 0.6 is 0 Å². The van der Waals surface area contributed by atoms with Crippen molar-refractivity contribution >= 4 is 54.6 Å². The maximum absolute atomic E-state index is 10.4. The molecule has 0 aliphatic rings. The molecule has 98 valence electrons. The SMILES string of the molecule is O=[Se]([O-])CCCC[Se][Se]CCCC[Se](=O)O.[Na+].[Na+]. The van der Waals surface area contributed by atoms with Crippen molar-refractivity contribution in [3.8, 4) is 0 Å². The molecule has 2 atom stereocenters. The predicted molar refractivity (Wildman–Crippen MR) is 64.3 cm³/mol. The maximum atomic E-state index is 10.4. The molecular formula is C8H17Na2O4Se4+. The van der Waals surface area contributed by atoms with Crippen LogP contribution in [0.15, 0.2) is 0 Å². The summed E-state index contributed by atoms with van der Waals surface area (Å²) in [4.78, 5) is 0. The topological polar surface area (TPSA) is 77.4 Å². The summed E-state index contributed by atoms with van der Waals surface area (Å²) in [7, 11) is 0. The molecule has 0 aliphatic heterocycles. The van der Waals surface area contributed by atoms with Crippen molar-refractivity contribution < 1.29 is 75.2 Å². The molecular weight excluding hydrogens is 522 g/mol. The van der Waals surface area contributed by atoms with Crippen molar-refractivity contribution in [2.24, 2.45) is 0 Å². The zero-order valence-electron chi connectivity index (χ0n) is 11.0. The minimum Gasteiger partial charge on any atom is 1.00 e. The third-order valence-corrected chi connectivity index (χ3v) is 12.0. The van der Waals surface area contributed by atoms with E-state index < -0.39 is 28.3 Å². The predicted octanol–water partition coefficient (Wildman–Crippen LogP) is -6.10. The molecule has 0 aromatic rings. The van der Waals surface area contributed by atoms with Crippen LogP contribution in [0.25, 0.3) is 0 Å². The first-order valence-corrected chi connectivity index (χ1v) is 17.0. The first-order chi connectivity index (χ1) is 7.63. The van der Waals surface area contributed by atoms with E-state index in [-0.39, 0.29) is 59.1 Å². The van der Waals surface area contributed by atoms with Crippen LogP contribution in [0.2, 0.25) is 21.3 Å². The number of rotatable bonds is 11. The Morgan fingerprint density at radius 2 is 1.33 bits per heavy atom. The summed E-state index contributed by atoms with van der Waals surface area (Å²) in [6.45, 7) is 0. The minimum absolute atomic E-state index is 0. The quantitative estimate of drug-likeness (QED) is 0.210. The second-order valence-electron chi connectivity index (χ2n) is 3.09. The third-order valence-electron chi connectivity index (χ3n) is 1.67. The summed E-state index contributed by atoms with van der Waals surface area (Å²) in [5.74, 6) is 0. The molecule has 2 unspecified atom stereocenters. The molecule has 0 saturated carbocycles. The van der Waals surface area contributed by atoms with E-state index in [1.807, 2.05) is 0 Å². The molecule has 1 N–H and O–H groups in total. The van der Waals surface area contributed by atoms with Gasteiger partial charge < -0.3 is 0 Å². The Labute approximate surface area is 173 Å². The van der Waals surface area contributed by atoms with Crippen LogP contribution in [-0.4, -0.2) is 58.8 Å². The fraction of sp³-hybridized carbons (Fsp3) is 1.00. The van der Waals surface area contributed by atoms with Gasteiger partial charge in [0.2, 0.25) is 0 Å². The first kappa shape index (κ1) is 26.5. The summed E-state index contributed by atoms with van der Waals surface area (Å²) in [6, 6.07) is 0. The Hall–Kier alpha value is 3.60. The second kappa shape index (κ2) is 20.6. The van der Waals surface area contributed by atoms with Gasteiger partial charge >= 0.3 is 177 Å². The van der Waals surface area contributed by atoms with Gasteiger partial charge in [-0.1, -0.05) is 0 Å². The largest absolute Gasteiger partial charge is 1.00 e. The Balaban J connectivity index is -0.00000112. The molecule has 4 nitrogen and oxygen atoms in total. The number of hydrogen-bond acceptors (Lipinski definition) is 3. The van der Waals surface area contributed by atoms with E-state index in [9.17, 15) is 11.9 Å². The van der Waals surface area contributed by atoms with Gasteiger partial charge in [-0.3, -0.25) is 0 Å². The monoisotopic (exact) mass is 543 g/mol. The van der Waals surface area contributed by atoms with Gasteiger partial charge in [0.05, 0.1) is 0 Å². The van der Waals surface area contributed by atoms with E-state index in [2.05, 4.69) is 0 Å². The van der Waals surface area contributed by atoms with Gasteiger partial charge in [0, 0.05) is 0 Å². The zero-order chi connectivity index (χ0) is 12.2. The average molecular weight is 539 g/mol. The molecule has 18 heavy (non-hydrogen) atoms. The van der Waals surface area contributed by atoms with Crippen molar-refractivity contribution in [3.63, 3.8) is 0 Å². The fourth-order valence-electron chi connectivity index (χ4n) is 0.885. The van der Waals surface area contributed by atoms with E-state index in [1.54, 1.807) is 0 Å². The van der Waals surface area contributed by atoms with Crippen molar-refractivity contribution in [1.29, 1.82) is 0 Å². The average Bonchev–Trinajstić information content (AvgIpc) is 2.20. The van der Waals surface area contributed by atoms with E-state index in [4.69, 9.17) is 4.19 Å².